The van der Waals surface area contributed by atoms with Crippen molar-refractivity contribution in [2.45, 2.75) is 66.0 Å². The number of hydrogen-bond acceptors (Lipinski definition) is 2. The van der Waals surface area contributed by atoms with Crippen LogP contribution in [0.3, 0.4) is 0 Å². The summed E-state index contributed by atoms with van der Waals surface area (Å²) in [6, 6.07) is 1.43. The lowest BCUT2D eigenvalue weighted by Gasteiger charge is -2.43. The van der Waals surface area contributed by atoms with Gasteiger partial charge in [-0.15, -0.1) is 0 Å². The van der Waals surface area contributed by atoms with E-state index in [1.807, 2.05) is 0 Å². The van der Waals surface area contributed by atoms with Gasteiger partial charge in [0, 0.05) is 25.2 Å². The summed E-state index contributed by atoms with van der Waals surface area (Å²) in [6.45, 7) is 14.3. The Labute approximate surface area is 115 Å². The van der Waals surface area contributed by atoms with Crippen molar-refractivity contribution in [1.82, 2.24) is 10.2 Å². The van der Waals surface area contributed by atoms with Crippen molar-refractivity contribution in [1.29, 1.82) is 0 Å². The van der Waals surface area contributed by atoms with Gasteiger partial charge in [0.15, 0.2) is 0 Å². The zero-order valence-corrected chi connectivity index (χ0v) is 13.4. The van der Waals surface area contributed by atoms with Crippen LogP contribution in [0.25, 0.3) is 0 Å². The van der Waals surface area contributed by atoms with Gasteiger partial charge < -0.3 is 5.32 Å². The number of nitrogens with one attached hydrogen (secondary N) is 1. The molecular formula is C16H34N2. The van der Waals surface area contributed by atoms with E-state index in [4.69, 9.17) is 0 Å². The molecule has 1 rings (SSSR count). The number of likely N-dealkylation sites (N-methyl/N-ethyl adjacent to an activating group) is 1. The molecule has 2 heteroatoms. The minimum absolute atomic E-state index is 0.693. The Morgan fingerprint density at radius 1 is 1.06 bits per heavy atom. The van der Waals surface area contributed by atoms with E-state index < -0.39 is 0 Å². The maximum Gasteiger partial charge on any atom is 0.0251 e. The molecule has 0 radical (unpaired) electrons. The molecular weight excluding hydrogens is 220 g/mol. The van der Waals surface area contributed by atoms with Gasteiger partial charge in [-0.3, -0.25) is 4.90 Å². The van der Waals surface area contributed by atoms with Crippen LogP contribution in [0, 0.1) is 17.8 Å². The van der Waals surface area contributed by atoms with Crippen molar-refractivity contribution in [3.8, 4) is 0 Å². The molecule has 1 aliphatic rings. The summed E-state index contributed by atoms with van der Waals surface area (Å²) in [5.41, 5.74) is 0. The van der Waals surface area contributed by atoms with Crippen molar-refractivity contribution in [2.24, 2.45) is 17.8 Å². The number of hydrogen-bond donors (Lipinski definition) is 1. The van der Waals surface area contributed by atoms with E-state index in [9.17, 15) is 0 Å². The summed E-state index contributed by atoms with van der Waals surface area (Å²) < 4.78 is 0. The van der Waals surface area contributed by atoms with E-state index in [-0.39, 0.29) is 0 Å². The van der Waals surface area contributed by atoms with Gasteiger partial charge in [0.2, 0.25) is 0 Å². The number of nitrogens with zero attached hydrogens (tertiary/aromatic N) is 1. The summed E-state index contributed by atoms with van der Waals surface area (Å²) >= 11 is 0. The fourth-order valence-electron chi connectivity index (χ4n) is 3.37. The minimum Gasteiger partial charge on any atom is -0.315 e. The normalized spacial score (nSPS) is 29.5. The van der Waals surface area contributed by atoms with Crippen LogP contribution in [-0.4, -0.2) is 37.1 Å². The van der Waals surface area contributed by atoms with Crippen LogP contribution in [0.15, 0.2) is 0 Å². The summed E-state index contributed by atoms with van der Waals surface area (Å²) in [7, 11) is 2.14. The Bertz CT molecular complexity index is 215. The molecule has 0 spiro atoms. The maximum atomic E-state index is 3.56. The maximum absolute atomic E-state index is 3.56. The summed E-state index contributed by atoms with van der Waals surface area (Å²) in [5.74, 6) is 2.42. The highest BCUT2D eigenvalue weighted by atomic mass is 15.2. The molecule has 0 bridgehead atoms. The van der Waals surface area contributed by atoms with Crippen LogP contribution in [-0.2, 0) is 0 Å². The Morgan fingerprint density at radius 3 is 2.06 bits per heavy atom. The summed E-state index contributed by atoms with van der Waals surface area (Å²) in [6.07, 6.45) is 4.10. The topological polar surface area (TPSA) is 15.3 Å². The van der Waals surface area contributed by atoms with Gasteiger partial charge >= 0.3 is 0 Å². The molecule has 0 aromatic heterocycles. The second-order valence-electron chi connectivity index (χ2n) is 7.12. The standard InChI is InChI=1S/C16H34N2/c1-12(2)10-18(11-13(3)4)16-9-14(5)7-8-15(16)17-6/h12-17H,7-11H2,1-6H3. The first-order chi connectivity index (χ1) is 8.43. The molecule has 0 aromatic rings. The largest absolute Gasteiger partial charge is 0.315 e. The van der Waals surface area contributed by atoms with Crippen LogP contribution >= 0.6 is 0 Å². The van der Waals surface area contributed by atoms with Crippen molar-refractivity contribution in [2.75, 3.05) is 20.1 Å². The first-order valence-corrected chi connectivity index (χ1v) is 7.85. The molecule has 1 N–H and O–H groups in total. The number of rotatable bonds is 6. The van der Waals surface area contributed by atoms with E-state index in [1.165, 1.54) is 32.4 Å². The zero-order valence-electron chi connectivity index (χ0n) is 13.4. The molecule has 0 aromatic carbocycles. The van der Waals surface area contributed by atoms with Gasteiger partial charge in [0.1, 0.15) is 0 Å². The van der Waals surface area contributed by atoms with Crippen LogP contribution in [0.4, 0.5) is 0 Å². The molecule has 18 heavy (non-hydrogen) atoms. The summed E-state index contributed by atoms with van der Waals surface area (Å²) in [5, 5.41) is 3.56. The Balaban J connectivity index is 2.72. The van der Waals surface area contributed by atoms with Gasteiger partial charge in [-0.05, 0) is 44.1 Å². The quantitative estimate of drug-likeness (QED) is 0.782. The Morgan fingerprint density at radius 2 is 1.61 bits per heavy atom. The van der Waals surface area contributed by atoms with Crippen molar-refractivity contribution < 1.29 is 0 Å². The van der Waals surface area contributed by atoms with E-state index in [2.05, 4.69) is 51.9 Å². The third kappa shape index (κ3) is 4.89. The fraction of sp³-hybridized carbons (Fsp3) is 1.00. The molecule has 1 saturated carbocycles. The van der Waals surface area contributed by atoms with E-state index in [0.717, 1.165) is 23.8 Å². The van der Waals surface area contributed by atoms with Gasteiger partial charge in [-0.25, -0.2) is 0 Å². The molecule has 2 nitrogen and oxygen atoms in total. The Kier molecular flexibility index (Phi) is 6.65. The first-order valence-electron chi connectivity index (χ1n) is 7.85. The highest BCUT2D eigenvalue weighted by molar-refractivity contribution is 4.90. The molecule has 3 unspecified atom stereocenters. The van der Waals surface area contributed by atoms with Crippen LogP contribution in [0.2, 0.25) is 0 Å². The zero-order chi connectivity index (χ0) is 13.7. The van der Waals surface area contributed by atoms with E-state index >= 15 is 0 Å². The molecule has 0 aliphatic heterocycles. The average molecular weight is 254 g/mol. The monoisotopic (exact) mass is 254 g/mol. The lowest BCUT2D eigenvalue weighted by atomic mass is 9.82. The third-order valence-electron chi connectivity index (χ3n) is 4.12. The molecule has 0 saturated heterocycles. The minimum atomic E-state index is 0.693. The second-order valence-corrected chi connectivity index (χ2v) is 7.12. The molecule has 0 heterocycles. The van der Waals surface area contributed by atoms with Crippen molar-refractivity contribution in [3.63, 3.8) is 0 Å². The van der Waals surface area contributed by atoms with Crippen LogP contribution in [0.1, 0.15) is 53.9 Å². The average Bonchev–Trinajstić information content (AvgIpc) is 2.26. The summed E-state index contributed by atoms with van der Waals surface area (Å²) in [4.78, 5) is 2.76. The van der Waals surface area contributed by atoms with Crippen molar-refractivity contribution in [3.05, 3.63) is 0 Å². The molecule has 108 valence electrons. The predicted molar refractivity (Wildman–Crippen MR) is 80.9 cm³/mol. The van der Waals surface area contributed by atoms with Gasteiger partial charge in [-0.1, -0.05) is 34.6 Å². The fourth-order valence-corrected chi connectivity index (χ4v) is 3.37. The SMILES string of the molecule is CNC1CCC(C)CC1N(CC(C)C)CC(C)C. The highest BCUT2D eigenvalue weighted by Crippen LogP contribution is 2.28. The second kappa shape index (κ2) is 7.49. The van der Waals surface area contributed by atoms with Gasteiger partial charge in [0.25, 0.3) is 0 Å². The third-order valence-corrected chi connectivity index (χ3v) is 4.12. The van der Waals surface area contributed by atoms with Gasteiger partial charge in [0.05, 0.1) is 0 Å². The van der Waals surface area contributed by atoms with Crippen LogP contribution in [0.5, 0.6) is 0 Å². The smallest absolute Gasteiger partial charge is 0.0251 e. The molecule has 0 amide bonds. The van der Waals surface area contributed by atoms with E-state index in [1.54, 1.807) is 0 Å². The lowest BCUT2D eigenvalue weighted by Crippen LogP contribution is -2.53. The predicted octanol–water partition coefficient (Wildman–Crippen LogP) is 3.38. The molecule has 1 fully saturated rings. The van der Waals surface area contributed by atoms with E-state index in [0.29, 0.717) is 6.04 Å². The van der Waals surface area contributed by atoms with Gasteiger partial charge in [-0.2, -0.15) is 0 Å². The Hall–Kier alpha value is -0.0800. The van der Waals surface area contributed by atoms with Crippen molar-refractivity contribution >= 4 is 0 Å². The highest BCUT2D eigenvalue weighted by Gasteiger charge is 2.32. The molecule has 1 aliphatic carbocycles. The first kappa shape index (κ1) is 16.0. The molecule has 3 atom stereocenters. The van der Waals surface area contributed by atoms with Crippen LogP contribution < -0.4 is 5.32 Å². The lowest BCUT2D eigenvalue weighted by molar-refractivity contribution is 0.0823.